The molecule has 0 amide bonds. The standard InChI is InChI=1S/C13H21FN2O2S/c1-11(2)16(3)9-5-8-15-19(17,18)13-7-4-6-12(14)10-13/h4,6-7,10-11,15H,5,8-9H2,1-3H3. The van der Waals surface area contributed by atoms with Crippen LogP contribution in [0.3, 0.4) is 0 Å². The van der Waals surface area contributed by atoms with Crippen LogP contribution in [0.2, 0.25) is 0 Å². The lowest BCUT2D eigenvalue weighted by Gasteiger charge is -2.20. The second-order valence-electron chi connectivity index (χ2n) is 4.78. The van der Waals surface area contributed by atoms with Crippen molar-refractivity contribution in [1.82, 2.24) is 9.62 Å². The third-order valence-corrected chi connectivity index (χ3v) is 4.43. The van der Waals surface area contributed by atoms with Crippen LogP contribution in [0.5, 0.6) is 0 Å². The van der Waals surface area contributed by atoms with Crippen LogP contribution in [0, 0.1) is 5.82 Å². The fraction of sp³-hybridized carbons (Fsp3) is 0.538. The number of halogens is 1. The molecule has 1 aromatic rings. The Morgan fingerprint density at radius 2 is 2.05 bits per heavy atom. The van der Waals surface area contributed by atoms with Crippen molar-refractivity contribution in [2.45, 2.75) is 31.2 Å². The van der Waals surface area contributed by atoms with Crippen LogP contribution in [0.1, 0.15) is 20.3 Å². The molecule has 0 fully saturated rings. The van der Waals surface area contributed by atoms with Crippen molar-refractivity contribution >= 4 is 10.0 Å². The zero-order chi connectivity index (χ0) is 14.5. The van der Waals surface area contributed by atoms with Gasteiger partial charge in [-0.05, 0) is 52.1 Å². The van der Waals surface area contributed by atoms with Crippen LogP contribution >= 0.6 is 0 Å². The molecule has 0 spiro atoms. The monoisotopic (exact) mass is 288 g/mol. The van der Waals surface area contributed by atoms with Gasteiger partial charge in [-0.25, -0.2) is 17.5 Å². The molecule has 0 saturated heterocycles. The first-order valence-corrected chi connectivity index (χ1v) is 7.76. The Bertz CT molecular complexity index is 503. The number of nitrogens with zero attached hydrogens (tertiary/aromatic N) is 1. The fourth-order valence-corrected chi connectivity index (χ4v) is 2.62. The molecule has 6 heteroatoms. The number of rotatable bonds is 7. The van der Waals surface area contributed by atoms with E-state index in [2.05, 4.69) is 23.5 Å². The van der Waals surface area contributed by atoms with E-state index in [-0.39, 0.29) is 4.90 Å². The lowest BCUT2D eigenvalue weighted by molar-refractivity contribution is 0.271. The molecule has 1 rings (SSSR count). The van der Waals surface area contributed by atoms with Gasteiger partial charge in [-0.15, -0.1) is 0 Å². The third-order valence-electron chi connectivity index (χ3n) is 2.97. The molecule has 0 atom stereocenters. The highest BCUT2D eigenvalue weighted by molar-refractivity contribution is 7.89. The van der Waals surface area contributed by atoms with Crippen molar-refractivity contribution in [3.8, 4) is 0 Å². The summed E-state index contributed by atoms with van der Waals surface area (Å²) in [5.74, 6) is -0.553. The normalized spacial score (nSPS) is 12.3. The van der Waals surface area contributed by atoms with E-state index in [1.165, 1.54) is 18.2 Å². The van der Waals surface area contributed by atoms with E-state index in [9.17, 15) is 12.8 Å². The largest absolute Gasteiger partial charge is 0.304 e. The molecule has 4 nitrogen and oxygen atoms in total. The smallest absolute Gasteiger partial charge is 0.240 e. The van der Waals surface area contributed by atoms with Crippen molar-refractivity contribution < 1.29 is 12.8 Å². The topological polar surface area (TPSA) is 49.4 Å². The quantitative estimate of drug-likeness (QED) is 0.779. The molecule has 0 aliphatic rings. The second kappa shape index (κ2) is 6.98. The predicted molar refractivity (Wildman–Crippen MR) is 74.0 cm³/mol. The van der Waals surface area contributed by atoms with Crippen LogP contribution in [-0.2, 0) is 10.0 Å². The minimum Gasteiger partial charge on any atom is -0.304 e. The zero-order valence-electron chi connectivity index (χ0n) is 11.6. The van der Waals surface area contributed by atoms with Crippen molar-refractivity contribution in [2.75, 3.05) is 20.1 Å². The summed E-state index contributed by atoms with van der Waals surface area (Å²) in [5.41, 5.74) is 0. The van der Waals surface area contributed by atoms with Crippen LogP contribution < -0.4 is 4.72 Å². The molecule has 1 N–H and O–H groups in total. The minimum atomic E-state index is -3.61. The van der Waals surface area contributed by atoms with Gasteiger partial charge in [0.2, 0.25) is 10.0 Å². The van der Waals surface area contributed by atoms with Gasteiger partial charge in [0.1, 0.15) is 5.82 Å². The summed E-state index contributed by atoms with van der Waals surface area (Å²) in [6.45, 7) is 5.31. The van der Waals surface area contributed by atoms with Crippen LogP contribution in [0.15, 0.2) is 29.2 Å². The summed E-state index contributed by atoms with van der Waals surface area (Å²) in [7, 11) is -1.62. The van der Waals surface area contributed by atoms with Gasteiger partial charge in [0, 0.05) is 12.6 Å². The van der Waals surface area contributed by atoms with E-state index in [1.807, 2.05) is 7.05 Å². The van der Waals surface area contributed by atoms with Gasteiger partial charge < -0.3 is 4.90 Å². The Morgan fingerprint density at radius 1 is 1.37 bits per heavy atom. The van der Waals surface area contributed by atoms with Crippen molar-refractivity contribution in [3.05, 3.63) is 30.1 Å². The lowest BCUT2D eigenvalue weighted by atomic mass is 10.3. The van der Waals surface area contributed by atoms with Gasteiger partial charge in [0.25, 0.3) is 0 Å². The highest BCUT2D eigenvalue weighted by atomic mass is 32.2. The Labute approximate surface area is 114 Å². The summed E-state index contributed by atoms with van der Waals surface area (Å²) in [5, 5.41) is 0. The van der Waals surface area contributed by atoms with Crippen LogP contribution in [-0.4, -0.2) is 39.5 Å². The SMILES string of the molecule is CC(C)N(C)CCCNS(=O)(=O)c1cccc(F)c1. The highest BCUT2D eigenvalue weighted by Crippen LogP contribution is 2.10. The summed E-state index contributed by atoms with van der Waals surface area (Å²) >= 11 is 0. The molecule has 0 saturated carbocycles. The zero-order valence-corrected chi connectivity index (χ0v) is 12.4. The van der Waals surface area contributed by atoms with Crippen molar-refractivity contribution in [3.63, 3.8) is 0 Å². The van der Waals surface area contributed by atoms with E-state index in [1.54, 1.807) is 0 Å². The number of sulfonamides is 1. The first kappa shape index (κ1) is 16.1. The maximum absolute atomic E-state index is 13.0. The van der Waals surface area contributed by atoms with Crippen molar-refractivity contribution in [1.29, 1.82) is 0 Å². The van der Waals surface area contributed by atoms with E-state index in [0.717, 1.165) is 12.6 Å². The first-order valence-electron chi connectivity index (χ1n) is 6.28. The summed E-state index contributed by atoms with van der Waals surface area (Å²) in [6, 6.07) is 5.43. The molecular weight excluding hydrogens is 267 g/mol. The minimum absolute atomic E-state index is 0.0373. The fourth-order valence-electron chi connectivity index (χ4n) is 1.51. The molecule has 0 aliphatic carbocycles. The number of hydrogen-bond donors (Lipinski definition) is 1. The lowest BCUT2D eigenvalue weighted by Crippen LogP contribution is -2.31. The van der Waals surface area contributed by atoms with Crippen LogP contribution in [0.4, 0.5) is 4.39 Å². The summed E-state index contributed by atoms with van der Waals surface area (Å²) in [6.07, 6.45) is 0.712. The third kappa shape index (κ3) is 5.26. The molecule has 0 bridgehead atoms. The molecule has 0 aliphatic heterocycles. The Hall–Kier alpha value is -0.980. The van der Waals surface area contributed by atoms with E-state index >= 15 is 0 Å². The number of hydrogen-bond acceptors (Lipinski definition) is 3. The van der Waals surface area contributed by atoms with E-state index in [0.29, 0.717) is 19.0 Å². The average molecular weight is 288 g/mol. The molecule has 0 radical (unpaired) electrons. The molecule has 19 heavy (non-hydrogen) atoms. The maximum Gasteiger partial charge on any atom is 0.240 e. The second-order valence-corrected chi connectivity index (χ2v) is 6.55. The van der Waals surface area contributed by atoms with Crippen LogP contribution in [0.25, 0.3) is 0 Å². The first-order chi connectivity index (χ1) is 8.83. The molecule has 0 aromatic heterocycles. The number of nitrogens with one attached hydrogen (secondary N) is 1. The Morgan fingerprint density at radius 3 is 2.63 bits per heavy atom. The molecule has 1 aromatic carbocycles. The van der Waals surface area contributed by atoms with Gasteiger partial charge in [0.05, 0.1) is 4.90 Å². The van der Waals surface area contributed by atoms with Gasteiger partial charge in [0.15, 0.2) is 0 Å². The van der Waals surface area contributed by atoms with Crippen molar-refractivity contribution in [2.24, 2.45) is 0 Å². The predicted octanol–water partition coefficient (Wildman–Crippen LogP) is 1.83. The molecule has 0 heterocycles. The molecule has 108 valence electrons. The Balaban J connectivity index is 2.48. The number of benzene rings is 1. The van der Waals surface area contributed by atoms with Gasteiger partial charge >= 0.3 is 0 Å². The van der Waals surface area contributed by atoms with Gasteiger partial charge in [-0.1, -0.05) is 6.07 Å². The summed E-state index contributed by atoms with van der Waals surface area (Å²) in [4.78, 5) is 2.10. The average Bonchev–Trinajstić information content (AvgIpc) is 2.34. The highest BCUT2D eigenvalue weighted by Gasteiger charge is 2.13. The maximum atomic E-state index is 13.0. The Kier molecular flexibility index (Phi) is 5.90. The molecule has 0 unspecified atom stereocenters. The van der Waals surface area contributed by atoms with E-state index in [4.69, 9.17) is 0 Å². The summed E-state index contributed by atoms with van der Waals surface area (Å²) < 4.78 is 39.2. The van der Waals surface area contributed by atoms with Gasteiger partial charge in [-0.3, -0.25) is 0 Å². The van der Waals surface area contributed by atoms with Gasteiger partial charge in [-0.2, -0.15) is 0 Å². The molecular formula is C13H21FN2O2S. The van der Waals surface area contributed by atoms with E-state index < -0.39 is 15.8 Å².